The number of esters is 1. The molecule has 0 radical (unpaired) electrons. The highest BCUT2D eigenvalue weighted by molar-refractivity contribution is 6.04. The van der Waals surface area contributed by atoms with Crippen LogP contribution in [0.2, 0.25) is 0 Å². The van der Waals surface area contributed by atoms with E-state index in [9.17, 15) is 24.8 Å². The van der Waals surface area contributed by atoms with Crippen LogP contribution in [0.3, 0.4) is 0 Å². The number of carboxylic acids is 1. The third-order valence-corrected chi connectivity index (χ3v) is 3.47. The number of hydrogen-bond donors (Lipinski definition) is 1. The van der Waals surface area contributed by atoms with Crippen molar-refractivity contribution < 1.29 is 24.4 Å². The molecule has 126 valence electrons. The van der Waals surface area contributed by atoms with Crippen molar-refractivity contribution in [3.8, 4) is 0 Å². The molecule has 0 saturated carbocycles. The minimum Gasteiger partial charge on any atom is -0.478 e. The van der Waals surface area contributed by atoms with Crippen molar-refractivity contribution in [3.63, 3.8) is 0 Å². The molecule has 7 heteroatoms. The van der Waals surface area contributed by atoms with E-state index < -0.39 is 16.9 Å². The maximum absolute atomic E-state index is 11.9. The number of carbonyl (C=O) groups excluding carboxylic acids is 1. The van der Waals surface area contributed by atoms with Gasteiger partial charge in [-0.2, -0.15) is 0 Å². The van der Waals surface area contributed by atoms with Gasteiger partial charge in [-0.1, -0.05) is 26.2 Å². The van der Waals surface area contributed by atoms with E-state index in [1.54, 1.807) is 6.92 Å². The highest BCUT2D eigenvalue weighted by Gasteiger charge is 2.28. The van der Waals surface area contributed by atoms with Crippen molar-refractivity contribution in [2.75, 3.05) is 6.61 Å². The lowest BCUT2D eigenvalue weighted by atomic mass is 9.94. The van der Waals surface area contributed by atoms with Gasteiger partial charge < -0.3 is 9.84 Å². The summed E-state index contributed by atoms with van der Waals surface area (Å²) in [6, 6.07) is 2.32. The van der Waals surface area contributed by atoms with Gasteiger partial charge in [-0.25, -0.2) is 9.59 Å². The lowest BCUT2D eigenvalue weighted by Gasteiger charge is -2.11. The molecule has 0 aliphatic rings. The van der Waals surface area contributed by atoms with Gasteiger partial charge in [0, 0.05) is 11.6 Å². The zero-order valence-electron chi connectivity index (χ0n) is 13.3. The van der Waals surface area contributed by atoms with Gasteiger partial charge in [0.2, 0.25) is 0 Å². The number of aromatic carboxylic acids is 1. The summed E-state index contributed by atoms with van der Waals surface area (Å²) < 4.78 is 4.85. The Labute approximate surface area is 134 Å². The van der Waals surface area contributed by atoms with E-state index in [0.717, 1.165) is 25.3 Å². The number of nitro benzene ring substituents is 1. The van der Waals surface area contributed by atoms with Crippen LogP contribution >= 0.6 is 0 Å². The average molecular weight is 323 g/mol. The maximum atomic E-state index is 11.9. The van der Waals surface area contributed by atoms with Crippen LogP contribution in [0.15, 0.2) is 12.1 Å². The van der Waals surface area contributed by atoms with Crippen LogP contribution in [0.25, 0.3) is 0 Å². The predicted octanol–water partition coefficient (Wildman–Crippen LogP) is 3.59. The quantitative estimate of drug-likeness (QED) is 0.322. The van der Waals surface area contributed by atoms with Gasteiger partial charge in [-0.15, -0.1) is 0 Å². The van der Waals surface area contributed by atoms with Crippen molar-refractivity contribution in [2.45, 2.75) is 46.0 Å². The summed E-state index contributed by atoms with van der Waals surface area (Å²) in [5.41, 5.74) is -0.652. The first-order chi connectivity index (χ1) is 10.9. The van der Waals surface area contributed by atoms with Crippen molar-refractivity contribution in [3.05, 3.63) is 38.9 Å². The highest BCUT2D eigenvalue weighted by atomic mass is 16.6. The second kappa shape index (κ2) is 8.87. The fraction of sp³-hybridized carbons (Fsp3) is 0.500. The molecule has 0 amide bonds. The van der Waals surface area contributed by atoms with Crippen LogP contribution in [-0.2, 0) is 11.2 Å². The number of ether oxygens (including phenoxy) is 1. The van der Waals surface area contributed by atoms with Crippen LogP contribution in [0.5, 0.6) is 0 Å². The average Bonchev–Trinajstić information content (AvgIpc) is 2.50. The minimum atomic E-state index is -1.36. The Morgan fingerprint density at radius 3 is 2.43 bits per heavy atom. The fourth-order valence-electron chi connectivity index (χ4n) is 2.41. The van der Waals surface area contributed by atoms with Gasteiger partial charge in [-0.05, 0) is 25.8 Å². The SMILES string of the molecule is CCCCCCc1c([N+](=O)[O-])ccc(C(=O)OCC)c1C(=O)O. The topological polar surface area (TPSA) is 107 Å². The number of carboxylic acid groups (broad SMARTS) is 1. The Balaban J connectivity index is 3.33. The monoisotopic (exact) mass is 323 g/mol. The van der Waals surface area contributed by atoms with E-state index in [-0.39, 0.29) is 35.4 Å². The van der Waals surface area contributed by atoms with Crippen molar-refractivity contribution >= 4 is 17.6 Å². The van der Waals surface area contributed by atoms with Gasteiger partial charge in [0.1, 0.15) is 0 Å². The van der Waals surface area contributed by atoms with E-state index in [1.165, 1.54) is 6.07 Å². The zero-order chi connectivity index (χ0) is 17.4. The van der Waals surface area contributed by atoms with Crippen LogP contribution in [-0.4, -0.2) is 28.6 Å². The van der Waals surface area contributed by atoms with Gasteiger partial charge in [0.15, 0.2) is 0 Å². The van der Waals surface area contributed by atoms with E-state index in [0.29, 0.717) is 6.42 Å². The smallest absolute Gasteiger partial charge is 0.339 e. The first-order valence-electron chi connectivity index (χ1n) is 7.64. The number of rotatable bonds is 9. The second-order valence-electron chi connectivity index (χ2n) is 5.08. The van der Waals surface area contributed by atoms with Crippen LogP contribution in [0, 0.1) is 10.1 Å². The second-order valence-corrected chi connectivity index (χ2v) is 5.08. The summed E-state index contributed by atoms with van der Waals surface area (Å²) in [4.78, 5) is 34.1. The predicted molar refractivity (Wildman–Crippen MR) is 83.9 cm³/mol. The van der Waals surface area contributed by atoms with E-state index in [4.69, 9.17) is 4.74 Å². The third-order valence-electron chi connectivity index (χ3n) is 3.47. The summed E-state index contributed by atoms with van der Waals surface area (Å²) in [7, 11) is 0. The van der Waals surface area contributed by atoms with E-state index in [2.05, 4.69) is 0 Å². The fourth-order valence-corrected chi connectivity index (χ4v) is 2.41. The van der Waals surface area contributed by atoms with Crippen LogP contribution < -0.4 is 0 Å². The number of unbranched alkanes of at least 4 members (excludes halogenated alkanes) is 3. The molecule has 0 aliphatic heterocycles. The summed E-state index contributed by atoms with van der Waals surface area (Å²) >= 11 is 0. The van der Waals surface area contributed by atoms with Crippen LogP contribution in [0.1, 0.15) is 65.8 Å². The van der Waals surface area contributed by atoms with Gasteiger partial charge in [0.05, 0.1) is 22.7 Å². The molecule has 0 aliphatic carbocycles. The molecule has 0 saturated heterocycles. The highest BCUT2D eigenvalue weighted by Crippen LogP contribution is 2.28. The van der Waals surface area contributed by atoms with E-state index >= 15 is 0 Å². The van der Waals surface area contributed by atoms with Crippen LogP contribution in [0.4, 0.5) is 5.69 Å². The standard InChI is InChI=1S/C16H21NO6/c1-3-5-6-7-8-11-13(17(21)22)10-9-12(14(11)15(18)19)16(20)23-4-2/h9-10H,3-8H2,1-2H3,(H,18,19). The summed E-state index contributed by atoms with van der Waals surface area (Å²) in [6.45, 7) is 3.74. The Morgan fingerprint density at radius 1 is 1.22 bits per heavy atom. The van der Waals surface area contributed by atoms with Gasteiger partial charge in [-0.3, -0.25) is 10.1 Å². The molecule has 0 fully saturated rings. The zero-order valence-corrected chi connectivity index (χ0v) is 13.3. The summed E-state index contributed by atoms with van der Waals surface area (Å²) in [6.07, 6.45) is 3.67. The Bertz CT molecular complexity index is 596. The first kappa shape index (κ1) is 18.6. The Kier molecular flexibility index (Phi) is 7.18. The van der Waals surface area contributed by atoms with Crippen molar-refractivity contribution in [1.82, 2.24) is 0 Å². The minimum absolute atomic E-state index is 0.0872. The summed E-state index contributed by atoms with van der Waals surface area (Å²) in [5, 5.41) is 20.6. The molecule has 23 heavy (non-hydrogen) atoms. The number of hydrogen-bond acceptors (Lipinski definition) is 5. The molecule has 0 aromatic heterocycles. The first-order valence-corrected chi connectivity index (χ1v) is 7.64. The third kappa shape index (κ3) is 4.77. The maximum Gasteiger partial charge on any atom is 0.339 e. The number of nitrogens with zero attached hydrogens (tertiary/aromatic N) is 1. The molecule has 1 rings (SSSR count). The molecule has 1 aromatic rings. The number of carbonyl (C=O) groups is 2. The van der Waals surface area contributed by atoms with Gasteiger partial charge in [0.25, 0.3) is 5.69 Å². The van der Waals surface area contributed by atoms with Gasteiger partial charge >= 0.3 is 11.9 Å². The number of nitro groups is 1. The van der Waals surface area contributed by atoms with Crippen molar-refractivity contribution in [1.29, 1.82) is 0 Å². The molecular formula is C16H21NO6. The lowest BCUT2D eigenvalue weighted by Crippen LogP contribution is -2.15. The molecule has 0 bridgehead atoms. The molecule has 1 N–H and O–H groups in total. The molecular weight excluding hydrogens is 302 g/mol. The normalized spacial score (nSPS) is 10.3. The summed E-state index contributed by atoms with van der Waals surface area (Å²) in [5.74, 6) is -2.14. The lowest BCUT2D eigenvalue weighted by molar-refractivity contribution is -0.385. The molecule has 0 heterocycles. The molecule has 0 unspecified atom stereocenters. The molecule has 1 aromatic carbocycles. The molecule has 0 atom stereocenters. The largest absolute Gasteiger partial charge is 0.478 e. The Hall–Kier alpha value is -2.44. The molecule has 7 nitrogen and oxygen atoms in total. The Morgan fingerprint density at radius 2 is 1.91 bits per heavy atom. The van der Waals surface area contributed by atoms with Crippen molar-refractivity contribution in [2.24, 2.45) is 0 Å². The number of benzene rings is 1. The molecule has 0 spiro atoms. The van der Waals surface area contributed by atoms with E-state index in [1.807, 2.05) is 6.92 Å².